The molecule has 2 aromatic carbocycles. The molecular weight excluding hydrogens is 383 g/mol. The van der Waals surface area contributed by atoms with Crippen molar-refractivity contribution >= 4 is 26.1 Å². The number of rotatable bonds is 6. The van der Waals surface area contributed by atoms with Crippen molar-refractivity contribution in [3.8, 4) is 11.4 Å². The van der Waals surface area contributed by atoms with Gasteiger partial charge in [0.05, 0.1) is 30.9 Å². The zero-order chi connectivity index (χ0) is 20.4. The van der Waals surface area contributed by atoms with Crippen LogP contribution in [0.2, 0.25) is 0 Å². The van der Waals surface area contributed by atoms with Crippen LogP contribution in [0.1, 0.15) is 17.7 Å². The maximum absolute atomic E-state index is 13.0. The number of hydrogen-bond acceptors (Lipinski definition) is 4. The van der Waals surface area contributed by atoms with Crippen molar-refractivity contribution < 1.29 is 9.53 Å². The van der Waals surface area contributed by atoms with Crippen molar-refractivity contribution in [2.45, 2.75) is 25.9 Å². The molecule has 4 rings (SSSR count). The van der Waals surface area contributed by atoms with Gasteiger partial charge in [-0.3, -0.25) is 4.79 Å². The lowest BCUT2D eigenvalue weighted by Gasteiger charge is -2.19. The molecule has 0 spiro atoms. The Morgan fingerprint density at radius 2 is 2.10 bits per heavy atom. The highest BCUT2D eigenvalue weighted by Crippen LogP contribution is 2.31. The molecule has 1 aliphatic heterocycles. The lowest BCUT2D eigenvalue weighted by atomic mass is 10.2. The Labute approximate surface area is 173 Å². The standard InChI is InChI=1S/C22H25N4O2P/c1-15-13-25(14-24-15)19-8-7-17(11-20(19)28-2)26-10-9-18(22(26)27)23-12-16-5-3-4-6-21(16)29/h3-8,11,13-14,18,23H,9-10,12,29H2,1-2H3. The highest BCUT2D eigenvalue weighted by Gasteiger charge is 2.32. The number of nitrogens with one attached hydrogen (secondary N) is 1. The fraction of sp³-hybridized carbons (Fsp3) is 0.273. The molecule has 2 atom stereocenters. The molecule has 150 valence electrons. The monoisotopic (exact) mass is 408 g/mol. The van der Waals surface area contributed by atoms with Crippen molar-refractivity contribution in [3.63, 3.8) is 0 Å². The zero-order valence-electron chi connectivity index (χ0n) is 16.6. The van der Waals surface area contributed by atoms with Gasteiger partial charge in [-0.25, -0.2) is 4.98 Å². The topological polar surface area (TPSA) is 59.4 Å². The SMILES string of the molecule is COc1cc(N2CCC(NCc3ccccc3P)C2=O)ccc1-n1cnc(C)c1. The molecule has 1 amide bonds. The van der Waals surface area contributed by atoms with E-state index in [0.717, 1.165) is 28.8 Å². The summed E-state index contributed by atoms with van der Waals surface area (Å²) in [7, 11) is 4.39. The Balaban J connectivity index is 1.49. The number of carbonyl (C=O) groups is 1. The Hall–Kier alpha value is -2.69. The van der Waals surface area contributed by atoms with Crippen LogP contribution in [0.3, 0.4) is 0 Å². The van der Waals surface area contributed by atoms with Crippen LogP contribution >= 0.6 is 9.24 Å². The molecule has 1 aliphatic rings. The van der Waals surface area contributed by atoms with E-state index in [1.165, 1.54) is 5.56 Å². The van der Waals surface area contributed by atoms with Gasteiger partial charge in [0.2, 0.25) is 5.91 Å². The van der Waals surface area contributed by atoms with Gasteiger partial charge in [-0.15, -0.1) is 9.24 Å². The lowest BCUT2D eigenvalue weighted by molar-refractivity contribution is -0.118. The number of aryl methyl sites for hydroxylation is 1. The summed E-state index contributed by atoms with van der Waals surface area (Å²) in [6.45, 7) is 3.31. The number of aromatic nitrogens is 2. The number of ether oxygens (including phenoxy) is 1. The largest absolute Gasteiger partial charge is 0.494 e. The number of nitrogens with zero attached hydrogens (tertiary/aromatic N) is 3. The maximum atomic E-state index is 13.0. The first kappa shape index (κ1) is 19.6. The Morgan fingerprint density at radius 3 is 2.83 bits per heavy atom. The fourth-order valence-electron chi connectivity index (χ4n) is 3.65. The highest BCUT2D eigenvalue weighted by atomic mass is 31.0. The molecule has 0 saturated carbocycles. The quantitative estimate of drug-likeness (QED) is 0.637. The fourth-order valence-corrected chi connectivity index (χ4v) is 3.96. The first-order chi connectivity index (χ1) is 14.1. The summed E-state index contributed by atoms with van der Waals surface area (Å²) < 4.78 is 7.51. The number of imidazole rings is 1. The Bertz CT molecular complexity index is 1030. The lowest BCUT2D eigenvalue weighted by Crippen LogP contribution is -2.38. The number of methoxy groups -OCH3 is 1. The van der Waals surface area contributed by atoms with Crippen molar-refractivity contribution in [1.82, 2.24) is 14.9 Å². The second-order valence-corrected chi connectivity index (χ2v) is 7.81. The summed E-state index contributed by atoms with van der Waals surface area (Å²) in [5.74, 6) is 0.806. The van der Waals surface area contributed by atoms with Gasteiger partial charge < -0.3 is 19.5 Å². The Kier molecular flexibility index (Phi) is 5.65. The molecule has 29 heavy (non-hydrogen) atoms. The van der Waals surface area contributed by atoms with Crippen LogP contribution in [-0.4, -0.2) is 35.2 Å². The molecular formula is C22H25N4O2P. The first-order valence-corrected chi connectivity index (χ1v) is 10.2. The molecule has 0 aliphatic carbocycles. The molecule has 1 N–H and O–H groups in total. The van der Waals surface area contributed by atoms with Crippen molar-refractivity contribution in [2.75, 3.05) is 18.6 Å². The Morgan fingerprint density at radius 1 is 1.28 bits per heavy atom. The summed E-state index contributed by atoms with van der Waals surface area (Å²) in [6, 6.07) is 13.8. The van der Waals surface area contributed by atoms with Crippen LogP contribution in [-0.2, 0) is 11.3 Å². The number of hydrogen-bond donors (Lipinski definition) is 1. The minimum atomic E-state index is -0.179. The molecule has 1 saturated heterocycles. The van der Waals surface area contributed by atoms with Crippen LogP contribution in [0.25, 0.3) is 5.69 Å². The van der Waals surface area contributed by atoms with Crippen molar-refractivity contribution in [2.24, 2.45) is 0 Å². The van der Waals surface area contributed by atoms with E-state index in [2.05, 4.69) is 31.7 Å². The molecule has 6 nitrogen and oxygen atoms in total. The summed E-state index contributed by atoms with van der Waals surface area (Å²) in [6.07, 6.45) is 4.49. The average Bonchev–Trinajstić information content (AvgIpc) is 3.32. The van der Waals surface area contributed by atoms with Crippen molar-refractivity contribution in [3.05, 3.63) is 66.2 Å². The van der Waals surface area contributed by atoms with Gasteiger partial charge in [-0.1, -0.05) is 24.3 Å². The molecule has 2 unspecified atom stereocenters. The first-order valence-electron chi connectivity index (χ1n) is 9.64. The van der Waals surface area contributed by atoms with Gasteiger partial charge in [-0.2, -0.15) is 0 Å². The molecule has 0 radical (unpaired) electrons. The van der Waals surface area contributed by atoms with Gasteiger partial charge >= 0.3 is 0 Å². The number of carbonyl (C=O) groups excluding carboxylic acids is 1. The number of anilines is 1. The minimum absolute atomic E-state index is 0.0968. The van der Waals surface area contributed by atoms with Gasteiger partial charge in [0, 0.05) is 31.0 Å². The summed E-state index contributed by atoms with van der Waals surface area (Å²) in [4.78, 5) is 19.1. The summed E-state index contributed by atoms with van der Waals surface area (Å²) in [5.41, 5.74) is 3.87. The van der Waals surface area contributed by atoms with E-state index >= 15 is 0 Å². The number of benzene rings is 2. The van der Waals surface area contributed by atoms with E-state index < -0.39 is 0 Å². The van der Waals surface area contributed by atoms with Crippen LogP contribution in [0.15, 0.2) is 55.0 Å². The molecule has 1 aromatic heterocycles. The molecule has 1 fully saturated rings. The van der Waals surface area contributed by atoms with E-state index in [4.69, 9.17) is 4.74 Å². The van der Waals surface area contributed by atoms with Gasteiger partial charge in [0.1, 0.15) is 5.75 Å². The van der Waals surface area contributed by atoms with E-state index in [9.17, 15) is 4.79 Å². The maximum Gasteiger partial charge on any atom is 0.244 e. The third-order valence-electron chi connectivity index (χ3n) is 5.26. The second-order valence-electron chi connectivity index (χ2n) is 7.19. The number of amides is 1. The van der Waals surface area contributed by atoms with E-state index in [1.807, 2.05) is 52.9 Å². The minimum Gasteiger partial charge on any atom is -0.494 e. The van der Waals surface area contributed by atoms with Gasteiger partial charge in [-0.05, 0) is 36.3 Å². The third kappa shape index (κ3) is 4.04. The van der Waals surface area contributed by atoms with Gasteiger partial charge in [0.25, 0.3) is 0 Å². The smallest absolute Gasteiger partial charge is 0.244 e. The van der Waals surface area contributed by atoms with Crippen molar-refractivity contribution in [1.29, 1.82) is 0 Å². The normalized spacial score (nSPS) is 16.4. The van der Waals surface area contributed by atoms with Crippen LogP contribution in [0.4, 0.5) is 5.69 Å². The van der Waals surface area contributed by atoms with Crippen LogP contribution in [0, 0.1) is 6.92 Å². The molecule has 0 bridgehead atoms. The predicted molar refractivity (Wildman–Crippen MR) is 118 cm³/mol. The average molecular weight is 408 g/mol. The zero-order valence-corrected chi connectivity index (χ0v) is 17.8. The van der Waals surface area contributed by atoms with E-state index in [-0.39, 0.29) is 11.9 Å². The molecule has 3 aromatic rings. The van der Waals surface area contributed by atoms with E-state index in [1.54, 1.807) is 13.4 Å². The second kappa shape index (κ2) is 8.36. The summed E-state index contributed by atoms with van der Waals surface area (Å²) in [5, 5.41) is 4.56. The third-order valence-corrected chi connectivity index (χ3v) is 5.83. The summed E-state index contributed by atoms with van der Waals surface area (Å²) >= 11 is 0. The van der Waals surface area contributed by atoms with Crippen LogP contribution < -0.4 is 20.3 Å². The molecule has 7 heteroatoms. The predicted octanol–water partition coefficient (Wildman–Crippen LogP) is 2.58. The highest BCUT2D eigenvalue weighted by molar-refractivity contribution is 7.27. The molecule has 2 heterocycles. The van der Waals surface area contributed by atoms with Crippen LogP contribution in [0.5, 0.6) is 5.75 Å². The van der Waals surface area contributed by atoms with Gasteiger partial charge in [0.15, 0.2) is 0 Å². The van der Waals surface area contributed by atoms with E-state index in [0.29, 0.717) is 18.8 Å².